The number of nitrogens with zero attached hydrogens (tertiary/aromatic N) is 3. The maximum atomic E-state index is 12.0. The first-order valence-corrected chi connectivity index (χ1v) is 7.59. The van der Waals surface area contributed by atoms with Gasteiger partial charge in [-0.1, -0.05) is 23.8 Å². The van der Waals surface area contributed by atoms with Crippen molar-refractivity contribution in [2.24, 2.45) is 5.10 Å². The molecule has 0 radical (unpaired) electrons. The molecule has 1 unspecified atom stereocenters. The average molecular weight is 303 g/mol. The summed E-state index contributed by atoms with van der Waals surface area (Å²) in [5.41, 5.74) is 1.56. The Labute approximate surface area is 127 Å². The van der Waals surface area contributed by atoms with Crippen LogP contribution >= 0.6 is 11.6 Å². The van der Waals surface area contributed by atoms with Crippen LogP contribution < -0.4 is 10.9 Å². The predicted molar refractivity (Wildman–Crippen MR) is 82.0 cm³/mol. The van der Waals surface area contributed by atoms with Crippen LogP contribution in [0.3, 0.4) is 0 Å². The van der Waals surface area contributed by atoms with Gasteiger partial charge in [0.1, 0.15) is 5.82 Å². The second kappa shape index (κ2) is 4.93. The van der Waals surface area contributed by atoms with Gasteiger partial charge in [0.2, 0.25) is 0 Å². The first-order valence-electron chi connectivity index (χ1n) is 7.22. The van der Waals surface area contributed by atoms with Gasteiger partial charge >= 0.3 is 0 Å². The van der Waals surface area contributed by atoms with Crippen molar-refractivity contribution >= 4 is 17.3 Å². The third-order valence-electron chi connectivity index (χ3n) is 4.29. The summed E-state index contributed by atoms with van der Waals surface area (Å²) < 4.78 is 1.84. The van der Waals surface area contributed by atoms with E-state index in [2.05, 4.69) is 15.4 Å². The fraction of sp³-hybridized carbons (Fsp3) is 0.400. The van der Waals surface area contributed by atoms with E-state index in [-0.39, 0.29) is 11.5 Å². The Balaban J connectivity index is 1.86. The summed E-state index contributed by atoms with van der Waals surface area (Å²) in [6.45, 7) is 1.94. The lowest BCUT2D eigenvalue weighted by molar-refractivity contribution is 0.439. The van der Waals surface area contributed by atoms with Gasteiger partial charge in [-0.05, 0) is 32.0 Å². The van der Waals surface area contributed by atoms with Crippen molar-refractivity contribution in [3.05, 3.63) is 51.2 Å². The highest BCUT2D eigenvalue weighted by Gasteiger charge is 2.33. The molecule has 21 heavy (non-hydrogen) atoms. The SMILES string of the molecule is O=c1cc(C2CCNCC2)n2c(n1)C1C=CC=C(Cl)C1=N2. The van der Waals surface area contributed by atoms with Crippen LogP contribution in [0.1, 0.15) is 36.2 Å². The number of halogens is 1. The number of rotatable bonds is 1. The molecule has 6 heteroatoms. The minimum absolute atomic E-state index is 0.100. The highest BCUT2D eigenvalue weighted by atomic mass is 35.5. The summed E-state index contributed by atoms with van der Waals surface area (Å²) in [6.07, 6.45) is 7.73. The zero-order chi connectivity index (χ0) is 14.4. The van der Waals surface area contributed by atoms with E-state index in [1.165, 1.54) is 0 Å². The number of hydrogen-bond acceptors (Lipinski definition) is 4. The molecular formula is C15H15ClN4O. The highest BCUT2D eigenvalue weighted by Crippen LogP contribution is 2.34. The Kier molecular flexibility index (Phi) is 3.05. The number of piperidine rings is 1. The highest BCUT2D eigenvalue weighted by molar-refractivity contribution is 6.45. The second-order valence-corrected chi connectivity index (χ2v) is 5.98. The standard InChI is InChI=1S/C15H15ClN4O/c16-11-3-1-2-10-14(11)19-20-12(8-13(21)18-15(10)20)9-4-6-17-7-5-9/h1-3,8-10,17H,4-7H2. The predicted octanol–water partition coefficient (Wildman–Crippen LogP) is 1.70. The minimum Gasteiger partial charge on any atom is -0.317 e. The molecular weight excluding hydrogens is 288 g/mol. The monoisotopic (exact) mass is 302 g/mol. The van der Waals surface area contributed by atoms with E-state index in [1.54, 1.807) is 6.07 Å². The van der Waals surface area contributed by atoms with Crippen molar-refractivity contribution < 1.29 is 0 Å². The van der Waals surface area contributed by atoms with Crippen LogP contribution in [0.5, 0.6) is 0 Å². The lowest BCUT2D eigenvalue weighted by atomic mass is 9.93. The molecule has 0 aromatic carbocycles. The Morgan fingerprint density at radius 3 is 2.95 bits per heavy atom. The lowest BCUT2D eigenvalue weighted by Crippen LogP contribution is -2.29. The Bertz CT molecular complexity index is 741. The number of allylic oxidation sites excluding steroid dienone is 4. The Morgan fingerprint density at radius 1 is 1.33 bits per heavy atom. The van der Waals surface area contributed by atoms with Crippen molar-refractivity contribution in [3.63, 3.8) is 0 Å². The van der Waals surface area contributed by atoms with Gasteiger partial charge in [0.05, 0.1) is 22.4 Å². The Morgan fingerprint density at radius 2 is 2.14 bits per heavy atom. The molecule has 1 atom stereocenters. The van der Waals surface area contributed by atoms with Crippen molar-refractivity contribution in [2.75, 3.05) is 13.1 Å². The van der Waals surface area contributed by atoms with E-state index in [0.29, 0.717) is 16.8 Å². The quantitative estimate of drug-likeness (QED) is 0.859. The summed E-state index contributed by atoms with van der Waals surface area (Å²) in [7, 11) is 0. The topological polar surface area (TPSA) is 59.3 Å². The largest absolute Gasteiger partial charge is 0.317 e. The fourth-order valence-electron chi connectivity index (χ4n) is 3.23. The van der Waals surface area contributed by atoms with E-state index in [0.717, 1.165) is 37.3 Å². The first-order chi connectivity index (χ1) is 10.2. The van der Waals surface area contributed by atoms with E-state index in [1.807, 2.05) is 22.9 Å². The van der Waals surface area contributed by atoms with E-state index < -0.39 is 0 Å². The normalized spacial score (nSPS) is 24.3. The maximum absolute atomic E-state index is 12.0. The molecule has 108 valence electrons. The average Bonchev–Trinajstić information content (AvgIpc) is 2.88. The van der Waals surface area contributed by atoms with Crippen LogP contribution in [0.15, 0.2) is 39.2 Å². The summed E-state index contributed by atoms with van der Waals surface area (Å²) in [4.78, 5) is 16.2. The molecule has 3 aliphatic rings. The molecule has 1 N–H and O–H groups in total. The van der Waals surface area contributed by atoms with Crippen molar-refractivity contribution in [1.29, 1.82) is 0 Å². The molecule has 1 aliphatic carbocycles. The summed E-state index contributed by atoms with van der Waals surface area (Å²) in [5, 5.41) is 8.60. The van der Waals surface area contributed by atoms with Crippen molar-refractivity contribution in [1.82, 2.24) is 15.0 Å². The van der Waals surface area contributed by atoms with Gasteiger partial charge in [-0.2, -0.15) is 10.1 Å². The van der Waals surface area contributed by atoms with E-state index >= 15 is 0 Å². The maximum Gasteiger partial charge on any atom is 0.273 e. The molecule has 5 nitrogen and oxygen atoms in total. The molecule has 1 fully saturated rings. The zero-order valence-electron chi connectivity index (χ0n) is 11.4. The third kappa shape index (κ3) is 2.08. The summed E-state index contributed by atoms with van der Waals surface area (Å²) in [6, 6.07) is 1.63. The second-order valence-electron chi connectivity index (χ2n) is 5.58. The molecule has 1 aromatic heterocycles. The van der Waals surface area contributed by atoms with Crippen LogP contribution in [-0.2, 0) is 0 Å². The summed E-state index contributed by atoms with van der Waals surface area (Å²) in [5.74, 6) is 0.933. The van der Waals surface area contributed by atoms with Crippen LogP contribution in [0.25, 0.3) is 0 Å². The molecule has 2 aliphatic heterocycles. The Hall–Kier alpha value is -1.72. The molecule has 4 rings (SSSR count). The molecule has 0 amide bonds. The van der Waals surface area contributed by atoms with Crippen LogP contribution in [0.4, 0.5) is 0 Å². The van der Waals surface area contributed by atoms with Crippen LogP contribution in [-0.4, -0.2) is 28.5 Å². The van der Waals surface area contributed by atoms with E-state index in [9.17, 15) is 4.79 Å². The van der Waals surface area contributed by atoms with Crippen LogP contribution in [0, 0.1) is 0 Å². The number of fused-ring (bicyclic) bond motifs is 3. The van der Waals surface area contributed by atoms with Crippen molar-refractivity contribution in [3.8, 4) is 0 Å². The summed E-state index contributed by atoms with van der Waals surface area (Å²) >= 11 is 6.24. The molecule has 0 saturated carbocycles. The van der Waals surface area contributed by atoms with Gasteiger partial charge in [0.15, 0.2) is 0 Å². The third-order valence-corrected chi connectivity index (χ3v) is 4.61. The van der Waals surface area contributed by atoms with Gasteiger partial charge < -0.3 is 5.32 Å². The molecule has 0 spiro atoms. The number of hydrogen-bond donors (Lipinski definition) is 1. The smallest absolute Gasteiger partial charge is 0.273 e. The number of aromatic nitrogens is 2. The molecule has 1 saturated heterocycles. The number of nitrogens with one attached hydrogen (secondary N) is 1. The van der Waals surface area contributed by atoms with Crippen LogP contribution in [0.2, 0.25) is 0 Å². The fourth-order valence-corrected chi connectivity index (χ4v) is 3.46. The zero-order valence-corrected chi connectivity index (χ0v) is 12.2. The van der Waals surface area contributed by atoms with E-state index in [4.69, 9.17) is 11.6 Å². The molecule has 3 heterocycles. The minimum atomic E-state index is -0.190. The van der Waals surface area contributed by atoms with Gasteiger partial charge in [-0.15, -0.1) is 0 Å². The van der Waals surface area contributed by atoms with Gasteiger partial charge in [0, 0.05) is 12.0 Å². The first kappa shape index (κ1) is 13.0. The van der Waals surface area contributed by atoms with Gasteiger partial charge in [-0.25, -0.2) is 4.68 Å². The molecule has 0 bridgehead atoms. The van der Waals surface area contributed by atoms with Gasteiger partial charge in [0.25, 0.3) is 5.56 Å². The van der Waals surface area contributed by atoms with Crippen molar-refractivity contribution in [2.45, 2.75) is 24.7 Å². The lowest BCUT2D eigenvalue weighted by Gasteiger charge is -2.24. The molecule has 1 aromatic rings. The van der Waals surface area contributed by atoms with Gasteiger partial charge in [-0.3, -0.25) is 4.79 Å².